The van der Waals surface area contributed by atoms with Crippen LogP contribution in [0.4, 0.5) is 0 Å². The highest BCUT2D eigenvalue weighted by Gasteiger charge is 2.16. The van der Waals surface area contributed by atoms with Crippen molar-refractivity contribution in [2.75, 3.05) is 26.2 Å². The van der Waals surface area contributed by atoms with Crippen LogP contribution in [-0.4, -0.2) is 31.1 Å². The molecular formula is C17H30N2. The molecule has 0 spiro atoms. The summed E-state index contributed by atoms with van der Waals surface area (Å²) in [7, 11) is 0. The summed E-state index contributed by atoms with van der Waals surface area (Å²) in [4.78, 5) is 2.53. The van der Waals surface area contributed by atoms with E-state index in [2.05, 4.69) is 68.2 Å². The zero-order chi connectivity index (χ0) is 14.1. The fraction of sp³-hybridized carbons (Fsp3) is 0.647. The Morgan fingerprint density at radius 1 is 1.05 bits per heavy atom. The van der Waals surface area contributed by atoms with Gasteiger partial charge < -0.3 is 5.32 Å². The molecule has 0 aliphatic carbocycles. The molecule has 1 unspecified atom stereocenters. The smallest absolute Gasteiger partial charge is 0.0472 e. The second-order valence-corrected chi connectivity index (χ2v) is 5.53. The van der Waals surface area contributed by atoms with Gasteiger partial charge in [-0.2, -0.15) is 0 Å². The maximum atomic E-state index is 3.62. The van der Waals surface area contributed by atoms with E-state index in [4.69, 9.17) is 0 Å². The summed E-state index contributed by atoms with van der Waals surface area (Å²) in [5.41, 5.74) is 1.42. The molecule has 0 radical (unpaired) electrons. The molecule has 0 aliphatic heterocycles. The third-order valence-corrected chi connectivity index (χ3v) is 3.67. The second-order valence-electron chi connectivity index (χ2n) is 5.53. The van der Waals surface area contributed by atoms with Gasteiger partial charge in [-0.15, -0.1) is 0 Å². The monoisotopic (exact) mass is 262 g/mol. The lowest BCUT2D eigenvalue weighted by molar-refractivity contribution is 0.213. The van der Waals surface area contributed by atoms with Crippen molar-refractivity contribution in [2.45, 2.75) is 40.2 Å². The third-order valence-electron chi connectivity index (χ3n) is 3.67. The number of nitrogens with zero attached hydrogens (tertiary/aromatic N) is 1. The van der Waals surface area contributed by atoms with E-state index < -0.39 is 0 Å². The predicted molar refractivity (Wildman–Crippen MR) is 84.4 cm³/mol. The van der Waals surface area contributed by atoms with Crippen LogP contribution in [0.15, 0.2) is 30.3 Å². The van der Waals surface area contributed by atoms with Crippen molar-refractivity contribution >= 4 is 0 Å². The van der Waals surface area contributed by atoms with E-state index in [0.29, 0.717) is 6.04 Å². The van der Waals surface area contributed by atoms with Crippen molar-refractivity contribution in [1.29, 1.82) is 0 Å². The average Bonchev–Trinajstić information content (AvgIpc) is 2.43. The van der Waals surface area contributed by atoms with Crippen molar-refractivity contribution in [3.63, 3.8) is 0 Å². The van der Waals surface area contributed by atoms with Crippen LogP contribution in [0.2, 0.25) is 0 Å². The Balaban J connectivity index is 2.60. The van der Waals surface area contributed by atoms with Crippen molar-refractivity contribution in [3.8, 4) is 0 Å². The topological polar surface area (TPSA) is 15.3 Å². The van der Waals surface area contributed by atoms with Gasteiger partial charge >= 0.3 is 0 Å². The Morgan fingerprint density at radius 2 is 1.68 bits per heavy atom. The van der Waals surface area contributed by atoms with Gasteiger partial charge in [0.15, 0.2) is 0 Å². The minimum absolute atomic E-state index is 0.489. The molecule has 0 amide bonds. The van der Waals surface area contributed by atoms with Gasteiger partial charge in [0.25, 0.3) is 0 Å². The molecule has 1 atom stereocenters. The van der Waals surface area contributed by atoms with Crippen LogP contribution in [0.1, 0.15) is 45.7 Å². The van der Waals surface area contributed by atoms with Crippen molar-refractivity contribution < 1.29 is 0 Å². The summed E-state index contributed by atoms with van der Waals surface area (Å²) in [5.74, 6) is 0.774. The molecule has 0 saturated heterocycles. The van der Waals surface area contributed by atoms with Crippen molar-refractivity contribution in [2.24, 2.45) is 5.92 Å². The van der Waals surface area contributed by atoms with Gasteiger partial charge in [0.1, 0.15) is 0 Å². The van der Waals surface area contributed by atoms with Crippen LogP contribution in [0, 0.1) is 5.92 Å². The van der Waals surface area contributed by atoms with E-state index in [1.165, 1.54) is 12.0 Å². The number of benzene rings is 1. The molecule has 0 bridgehead atoms. The summed E-state index contributed by atoms with van der Waals surface area (Å²) in [6.45, 7) is 13.4. The molecule has 0 heterocycles. The van der Waals surface area contributed by atoms with Gasteiger partial charge in [-0.3, -0.25) is 4.90 Å². The number of rotatable bonds is 9. The van der Waals surface area contributed by atoms with E-state index in [1.807, 2.05) is 0 Å². The van der Waals surface area contributed by atoms with Crippen molar-refractivity contribution in [1.82, 2.24) is 10.2 Å². The summed E-state index contributed by atoms with van der Waals surface area (Å²) < 4.78 is 0. The SMILES string of the molecule is CCN(CC)C(CNCCC(C)C)c1ccccc1. The molecule has 0 aromatic heterocycles. The number of hydrogen-bond acceptors (Lipinski definition) is 2. The highest BCUT2D eigenvalue weighted by molar-refractivity contribution is 5.19. The molecular weight excluding hydrogens is 232 g/mol. The molecule has 0 aliphatic rings. The number of likely N-dealkylation sites (N-methyl/N-ethyl adjacent to an activating group) is 1. The molecule has 2 heteroatoms. The summed E-state index contributed by atoms with van der Waals surface area (Å²) >= 11 is 0. The van der Waals surface area contributed by atoms with Crippen LogP contribution < -0.4 is 5.32 Å². The van der Waals surface area contributed by atoms with E-state index in [0.717, 1.165) is 32.1 Å². The van der Waals surface area contributed by atoms with Crippen LogP contribution in [-0.2, 0) is 0 Å². The quantitative estimate of drug-likeness (QED) is 0.683. The van der Waals surface area contributed by atoms with Gasteiger partial charge in [-0.05, 0) is 37.5 Å². The fourth-order valence-corrected chi connectivity index (χ4v) is 2.43. The number of hydrogen-bond donors (Lipinski definition) is 1. The van der Waals surface area contributed by atoms with Gasteiger partial charge in [-0.1, -0.05) is 58.0 Å². The van der Waals surface area contributed by atoms with E-state index in [-0.39, 0.29) is 0 Å². The first-order chi connectivity index (χ1) is 9.19. The standard InChI is InChI=1S/C17H30N2/c1-5-19(6-2)17(14-18-13-12-15(3)4)16-10-8-7-9-11-16/h7-11,15,17-18H,5-6,12-14H2,1-4H3. The summed E-state index contributed by atoms with van der Waals surface area (Å²) in [6, 6.07) is 11.3. The largest absolute Gasteiger partial charge is 0.315 e. The first-order valence-electron chi connectivity index (χ1n) is 7.68. The van der Waals surface area contributed by atoms with Crippen LogP contribution >= 0.6 is 0 Å². The minimum atomic E-state index is 0.489. The predicted octanol–water partition coefficient (Wildman–Crippen LogP) is 3.71. The maximum absolute atomic E-state index is 3.62. The van der Waals surface area contributed by atoms with Crippen molar-refractivity contribution in [3.05, 3.63) is 35.9 Å². The average molecular weight is 262 g/mol. The lowest BCUT2D eigenvalue weighted by atomic mass is 10.0. The fourth-order valence-electron chi connectivity index (χ4n) is 2.43. The Kier molecular flexibility index (Phi) is 7.76. The highest BCUT2D eigenvalue weighted by Crippen LogP contribution is 2.19. The molecule has 0 fully saturated rings. The van der Waals surface area contributed by atoms with Gasteiger partial charge in [0.2, 0.25) is 0 Å². The Hall–Kier alpha value is -0.860. The van der Waals surface area contributed by atoms with Gasteiger partial charge in [0.05, 0.1) is 0 Å². The van der Waals surface area contributed by atoms with Gasteiger partial charge in [0, 0.05) is 12.6 Å². The molecule has 19 heavy (non-hydrogen) atoms. The van der Waals surface area contributed by atoms with Gasteiger partial charge in [-0.25, -0.2) is 0 Å². The second kappa shape index (κ2) is 9.11. The summed E-state index contributed by atoms with van der Waals surface area (Å²) in [6.07, 6.45) is 1.25. The van der Waals surface area contributed by atoms with E-state index >= 15 is 0 Å². The number of nitrogens with one attached hydrogen (secondary N) is 1. The zero-order valence-electron chi connectivity index (χ0n) is 13.0. The Bertz CT molecular complexity index is 317. The molecule has 0 saturated carbocycles. The molecule has 1 aromatic rings. The first-order valence-corrected chi connectivity index (χ1v) is 7.68. The Labute approximate surface area is 119 Å². The lowest BCUT2D eigenvalue weighted by Crippen LogP contribution is -2.36. The molecule has 2 nitrogen and oxygen atoms in total. The lowest BCUT2D eigenvalue weighted by Gasteiger charge is -2.30. The molecule has 1 aromatic carbocycles. The van der Waals surface area contributed by atoms with Crippen LogP contribution in [0.25, 0.3) is 0 Å². The maximum Gasteiger partial charge on any atom is 0.0472 e. The highest BCUT2D eigenvalue weighted by atomic mass is 15.2. The van der Waals surface area contributed by atoms with E-state index in [9.17, 15) is 0 Å². The minimum Gasteiger partial charge on any atom is -0.315 e. The third kappa shape index (κ3) is 5.75. The summed E-state index contributed by atoms with van der Waals surface area (Å²) in [5, 5.41) is 3.62. The molecule has 108 valence electrons. The molecule has 1 N–H and O–H groups in total. The van der Waals surface area contributed by atoms with E-state index in [1.54, 1.807) is 0 Å². The van der Waals surface area contributed by atoms with Crippen LogP contribution in [0.3, 0.4) is 0 Å². The first kappa shape index (κ1) is 16.2. The normalized spacial score (nSPS) is 13.2. The van der Waals surface area contributed by atoms with Crippen LogP contribution in [0.5, 0.6) is 0 Å². The zero-order valence-corrected chi connectivity index (χ0v) is 13.0. The molecule has 1 rings (SSSR count). The Morgan fingerprint density at radius 3 is 2.21 bits per heavy atom.